The number of piperidine rings is 1. The van der Waals surface area contributed by atoms with Gasteiger partial charge in [-0.2, -0.15) is 0 Å². The molecule has 0 aromatic heterocycles. The Bertz CT molecular complexity index is 546. The summed E-state index contributed by atoms with van der Waals surface area (Å²) in [7, 11) is 0. The highest BCUT2D eigenvalue weighted by Crippen LogP contribution is 2.47. The zero-order valence-corrected chi connectivity index (χ0v) is 21.4. The first-order valence-corrected chi connectivity index (χ1v) is 14.2. The van der Waals surface area contributed by atoms with Crippen LogP contribution >= 0.6 is 0 Å². The molecule has 5 unspecified atom stereocenters. The zero-order chi connectivity index (χ0) is 22.9. The topological polar surface area (TPSA) is 52.6 Å². The molecule has 1 saturated heterocycles. The van der Waals surface area contributed by atoms with Crippen molar-refractivity contribution in [3.8, 4) is 0 Å². The molecular weight excluding hydrogens is 396 g/mol. The smallest absolute Gasteiger partial charge is 0.317 e. The van der Waals surface area contributed by atoms with Gasteiger partial charge in [0.05, 0.1) is 12.7 Å². The number of nitrogens with one attached hydrogen (secondary N) is 1. The average Bonchev–Trinajstić information content (AvgIpc) is 2.79. The van der Waals surface area contributed by atoms with Crippen LogP contribution in [0.4, 0.5) is 0 Å². The Morgan fingerprint density at radius 3 is 2.31 bits per heavy atom. The maximum Gasteiger partial charge on any atom is 0.317 e. The molecule has 2 N–H and O–H groups in total. The molecule has 3 rings (SSSR count). The summed E-state index contributed by atoms with van der Waals surface area (Å²) >= 11 is 0. The second-order valence-corrected chi connectivity index (χ2v) is 11.6. The van der Waals surface area contributed by atoms with E-state index in [1.54, 1.807) is 0 Å². The molecule has 3 fully saturated rings. The number of hydrogen-bond donors (Lipinski definition) is 2. The molecule has 0 aromatic rings. The molecule has 1 heterocycles. The lowest BCUT2D eigenvalue weighted by atomic mass is 9.61. The first-order chi connectivity index (χ1) is 15.5. The third-order valence-corrected chi connectivity index (χ3v) is 9.28. The molecule has 32 heavy (non-hydrogen) atoms. The van der Waals surface area contributed by atoms with Crippen LogP contribution in [-0.2, 0) is 4.79 Å². The summed E-state index contributed by atoms with van der Waals surface area (Å²) < 4.78 is 0. The van der Waals surface area contributed by atoms with E-state index in [1.165, 1.54) is 89.9 Å². The number of unbranched alkanes of at least 4 members (excludes halogenated alkanes) is 5. The number of nitrogens with zero attached hydrogens (tertiary/aromatic N) is 1. The Hall–Kier alpha value is -0.610. The van der Waals surface area contributed by atoms with Crippen molar-refractivity contribution in [2.45, 2.75) is 129 Å². The molecule has 0 radical (unpaired) electrons. The highest BCUT2D eigenvalue weighted by molar-refractivity contribution is 5.69. The zero-order valence-electron chi connectivity index (χ0n) is 21.4. The van der Waals surface area contributed by atoms with Crippen molar-refractivity contribution in [2.75, 3.05) is 13.1 Å². The minimum absolute atomic E-state index is 0.167. The van der Waals surface area contributed by atoms with Gasteiger partial charge >= 0.3 is 5.97 Å². The van der Waals surface area contributed by atoms with E-state index >= 15 is 0 Å². The second kappa shape index (κ2) is 13.3. The fourth-order valence-corrected chi connectivity index (χ4v) is 7.33. The third-order valence-electron chi connectivity index (χ3n) is 9.28. The SMILES string of the molecule is CCCCCCCCC1CCC2NC(N(CC)CC(=O)O)CC(C3CCC(C)CC3)C2C1. The number of rotatable bonds is 12. The second-order valence-electron chi connectivity index (χ2n) is 11.6. The number of fused-ring (bicyclic) bond motifs is 1. The van der Waals surface area contributed by atoms with Crippen molar-refractivity contribution in [2.24, 2.45) is 29.6 Å². The van der Waals surface area contributed by atoms with Gasteiger partial charge in [0.25, 0.3) is 0 Å². The summed E-state index contributed by atoms with van der Waals surface area (Å²) in [6.45, 7) is 7.82. The fraction of sp³-hybridized carbons (Fsp3) is 0.964. The lowest BCUT2D eigenvalue weighted by molar-refractivity contribution is -0.140. The normalized spacial score (nSPS) is 35.6. The minimum Gasteiger partial charge on any atom is -0.480 e. The van der Waals surface area contributed by atoms with Gasteiger partial charge in [-0.1, -0.05) is 78.6 Å². The average molecular weight is 449 g/mol. The van der Waals surface area contributed by atoms with E-state index in [4.69, 9.17) is 0 Å². The van der Waals surface area contributed by atoms with Gasteiger partial charge < -0.3 is 5.11 Å². The van der Waals surface area contributed by atoms with Crippen LogP contribution in [0.5, 0.6) is 0 Å². The van der Waals surface area contributed by atoms with E-state index in [1.807, 2.05) is 0 Å². The minimum atomic E-state index is -0.693. The molecule has 3 aliphatic rings. The Morgan fingerprint density at radius 1 is 0.906 bits per heavy atom. The first kappa shape index (κ1) is 26.0. The number of aliphatic carboxylic acids is 1. The summed E-state index contributed by atoms with van der Waals surface area (Å²) in [4.78, 5) is 13.7. The first-order valence-electron chi connectivity index (χ1n) is 14.2. The van der Waals surface area contributed by atoms with Crippen LogP contribution < -0.4 is 5.32 Å². The van der Waals surface area contributed by atoms with Gasteiger partial charge in [-0.05, 0) is 74.7 Å². The van der Waals surface area contributed by atoms with Gasteiger partial charge in [0.15, 0.2) is 0 Å². The largest absolute Gasteiger partial charge is 0.480 e. The van der Waals surface area contributed by atoms with E-state index in [-0.39, 0.29) is 12.7 Å². The van der Waals surface area contributed by atoms with Crippen molar-refractivity contribution in [3.05, 3.63) is 0 Å². The fourth-order valence-electron chi connectivity index (χ4n) is 7.33. The number of carboxylic acids is 1. The Balaban J connectivity index is 1.61. The van der Waals surface area contributed by atoms with E-state index in [0.717, 1.165) is 42.6 Å². The molecule has 186 valence electrons. The third kappa shape index (κ3) is 7.45. The van der Waals surface area contributed by atoms with Crippen molar-refractivity contribution < 1.29 is 9.90 Å². The van der Waals surface area contributed by atoms with Crippen LogP contribution in [0.2, 0.25) is 0 Å². The Morgan fingerprint density at radius 2 is 1.62 bits per heavy atom. The highest BCUT2D eigenvalue weighted by atomic mass is 16.4. The monoisotopic (exact) mass is 448 g/mol. The summed E-state index contributed by atoms with van der Waals surface area (Å²) in [6, 6.07) is 0.599. The Labute approximate surface area is 198 Å². The van der Waals surface area contributed by atoms with Crippen LogP contribution in [0.15, 0.2) is 0 Å². The van der Waals surface area contributed by atoms with Crippen LogP contribution in [-0.4, -0.2) is 41.3 Å². The van der Waals surface area contributed by atoms with Crippen molar-refractivity contribution >= 4 is 5.97 Å². The molecule has 0 spiro atoms. The predicted molar refractivity (Wildman–Crippen MR) is 134 cm³/mol. The highest BCUT2D eigenvalue weighted by Gasteiger charge is 2.45. The van der Waals surface area contributed by atoms with Crippen LogP contribution in [0.3, 0.4) is 0 Å². The lowest BCUT2D eigenvalue weighted by Crippen LogP contribution is -2.61. The predicted octanol–water partition coefficient (Wildman–Crippen LogP) is 6.69. The van der Waals surface area contributed by atoms with Gasteiger partial charge in [0, 0.05) is 6.04 Å². The number of carboxylic acid groups (broad SMARTS) is 1. The molecule has 0 bridgehead atoms. The standard InChI is InChI=1S/C28H52N2O2/c1-4-6-7-8-9-10-11-22-14-17-26-25(18-22)24(23-15-12-21(3)13-16-23)19-27(29-26)30(5-2)20-28(31)32/h21-27,29H,4-20H2,1-3H3,(H,31,32). The quantitative estimate of drug-likeness (QED) is 0.327. The molecule has 1 aliphatic heterocycles. The summed E-state index contributed by atoms with van der Waals surface area (Å²) in [6.07, 6.45) is 20.9. The Kier molecular flexibility index (Phi) is 10.8. The van der Waals surface area contributed by atoms with E-state index in [2.05, 4.69) is 31.0 Å². The summed E-state index contributed by atoms with van der Waals surface area (Å²) in [5.41, 5.74) is 0. The molecular formula is C28H52N2O2. The maximum absolute atomic E-state index is 11.5. The van der Waals surface area contributed by atoms with E-state index in [9.17, 15) is 9.90 Å². The van der Waals surface area contributed by atoms with Gasteiger partial charge in [-0.3, -0.25) is 15.0 Å². The maximum atomic E-state index is 11.5. The van der Waals surface area contributed by atoms with Crippen molar-refractivity contribution in [1.82, 2.24) is 10.2 Å². The van der Waals surface area contributed by atoms with E-state index < -0.39 is 5.97 Å². The van der Waals surface area contributed by atoms with Gasteiger partial charge in [0.2, 0.25) is 0 Å². The molecule has 2 saturated carbocycles. The van der Waals surface area contributed by atoms with Crippen molar-refractivity contribution in [1.29, 1.82) is 0 Å². The molecule has 5 atom stereocenters. The van der Waals surface area contributed by atoms with E-state index in [0.29, 0.717) is 6.04 Å². The molecule has 4 heteroatoms. The lowest BCUT2D eigenvalue weighted by Gasteiger charge is -2.52. The summed E-state index contributed by atoms with van der Waals surface area (Å²) in [5.74, 6) is 3.58. The van der Waals surface area contributed by atoms with Crippen LogP contribution in [0.25, 0.3) is 0 Å². The van der Waals surface area contributed by atoms with Gasteiger partial charge in [-0.25, -0.2) is 0 Å². The van der Waals surface area contributed by atoms with Gasteiger partial charge in [-0.15, -0.1) is 0 Å². The van der Waals surface area contributed by atoms with Crippen LogP contribution in [0, 0.1) is 29.6 Å². The summed E-state index contributed by atoms with van der Waals surface area (Å²) in [5, 5.41) is 13.4. The van der Waals surface area contributed by atoms with Crippen LogP contribution in [0.1, 0.15) is 117 Å². The number of carbonyl (C=O) groups is 1. The molecule has 0 aromatic carbocycles. The molecule has 4 nitrogen and oxygen atoms in total. The molecule has 0 amide bonds. The van der Waals surface area contributed by atoms with Gasteiger partial charge in [0.1, 0.15) is 0 Å². The number of likely N-dealkylation sites (N-methyl/N-ethyl adjacent to an activating group) is 1. The number of hydrogen-bond acceptors (Lipinski definition) is 3. The van der Waals surface area contributed by atoms with Crippen molar-refractivity contribution in [3.63, 3.8) is 0 Å². The molecule has 2 aliphatic carbocycles.